The van der Waals surface area contributed by atoms with Gasteiger partial charge in [0.1, 0.15) is 17.3 Å². The van der Waals surface area contributed by atoms with Gasteiger partial charge < -0.3 is 5.32 Å². The molecule has 0 saturated heterocycles. The normalized spacial score (nSPS) is 34.9. The molecule has 6 nitrogen and oxygen atoms in total. The van der Waals surface area contributed by atoms with Crippen molar-refractivity contribution >= 4 is 5.82 Å². The summed E-state index contributed by atoms with van der Waals surface area (Å²) in [4.78, 5) is 23.7. The Bertz CT molecular complexity index is 998. The van der Waals surface area contributed by atoms with Gasteiger partial charge in [-0.05, 0) is 61.7 Å². The highest BCUT2D eigenvalue weighted by Gasteiger charge is 2.60. The van der Waals surface area contributed by atoms with Crippen molar-refractivity contribution in [1.29, 1.82) is 0 Å². The van der Waals surface area contributed by atoms with Crippen molar-refractivity contribution in [2.45, 2.75) is 90.8 Å². The quantitative estimate of drug-likeness (QED) is 0.857. The first-order chi connectivity index (χ1) is 13.8. The van der Waals surface area contributed by atoms with E-state index in [0.717, 1.165) is 47.3 Å². The molecule has 2 unspecified atom stereocenters. The minimum atomic E-state index is 0.0646. The molecule has 156 valence electrons. The van der Waals surface area contributed by atoms with E-state index in [0.29, 0.717) is 13.1 Å². The van der Waals surface area contributed by atoms with Crippen molar-refractivity contribution in [2.24, 2.45) is 23.2 Å². The number of aromatic nitrogens is 4. The van der Waals surface area contributed by atoms with Crippen LogP contribution in [0.4, 0.5) is 5.82 Å². The summed E-state index contributed by atoms with van der Waals surface area (Å²) in [5.41, 5.74) is 1.24. The molecule has 0 aromatic carbocycles. The zero-order valence-corrected chi connectivity index (χ0v) is 18.2. The van der Waals surface area contributed by atoms with Gasteiger partial charge in [-0.15, -0.1) is 0 Å². The lowest BCUT2D eigenvalue weighted by Gasteiger charge is -2.30. The SMILES string of the molecule is CCCn1c2nc(C34CC5CC(CC3C5)C4)nc-2c2n(c1=O)C[C@H](C(C)(C)C)N2. The van der Waals surface area contributed by atoms with Crippen LogP contribution in [0.25, 0.3) is 11.5 Å². The fourth-order valence-electron chi connectivity index (χ4n) is 7.15. The maximum absolute atomic E-state index is 13.4. The minimum absolute atomic E-state index is 0.0646. The zero-order chi connectivity index (χ0) is 20.1. The summed E-state index contributed by atoms with van der Waals surface area (Å²) in [7, 11) is 0. The van der Waals surface area contributed by atoms with Crippen LogP contribution in [-0.4, -0.2) is 25.1 Å². The topological polar surface area (TPSA) is 64.7 Å². The van der Waals surface area contributed by atoms with Crippen molar-refractivity contribution in [3.8, 4) is 11.5 Å². The molecule has 4 fully saturated rings. The van der Waals surface area contributed by atoms with E-state index in [1.165, 1.54) is 32.1 Å². The first-order valence-electron chi connectivity index (χ1n) is 11.6. The first kappa shape index (κ1) is 18.0. The summed E-state index contributed by atoms with van der Waals surface area (Å²) in [5.74, 6) is 5.24. The fourth-order valence-corrected chi connectivity index (χ4v) is 7.15. The summed E-state index contributed by atoms with van der Waals surface area (Å²) in [5, 5.41) is 3.65. The average molecular weight is 396 g/mol. The Hall–Kier alpha value is -1.85. The lowest BCUT2D eigenvalue weighted by Crippen LogP contribution is -2.35. The lowest BCUT2D eigenvalue weighted by atomic mass is 9.75. The molecule has 0 aromatic rings. The molecule has 4 bridgehead atoms. The molecule has 0 aromatic heterocycles. The Labute approximate surface area is 172 Å². The van der Waals surface area contributed by atoms with Crippen molar-refractivity contribution in [3.63, 3.8) is 0 Å². The number of hydrogen-bond acceptors (Lipinski definition) is 4. The van der Waals surface area contributed by atoms with Crippen LogP contribution in [0.3, 0.4) is 0 Å². The monoisotopic (exact) mass is 395 g/mol. The van der Waals surface area contributed by atoms with E-state index in [9.17, 15) is 4.79 Å². The van der Waals surface area contributed by atoms with Crippen molar-refractivity contribution in [2.75, 3.05) is 5.32 Å². The molecule has 4 saturated carbocycles. The van der Waals surface area contributed by atoms with E-state index in [-0.39, 0.29) is 22.6 Å². The van der Waals surface area contributed by atoms with E-state index in [4.69, 9.17) is 9.97 Å². The molecule has 3 heterocycles. The van der Waals surface area contributed by atoms with Gasteiger partial charge >= 0.3 is 5.69 Å². The van der Waals surface area contributed by atoms with Crippen LogP contribution in [-0.2, 0) is 18.5 Å². The molecule has 0 amide bonds. The molecule has 7 aliphatic rings. The predicted molar refractivity (Wildman–Crippen MR) is 113 cm³/mol. The summed E-state index contributed by atoms with van der Waals surface area (Å²) in [6.07, 6.45) is 7.58. The highest BCUT2D eigenvalue weighted by atomic mass is 16.1. The smallest absolute Gasteiger partial charge is 0.331 e. The maximum atomic E-state index is 13.4. The highest BCUT2D eigenvalue weighted by Crippen LogP contribution is 2.65. The van der Waals surface area contributed by atoms with E-state index in [1.54, 1.807) is 0 Å². The Morgan fingerprint density at radius 2 is 1.86 bits per heavy atom. The number of anilines is 1. The van der Waals surface area contributed by atoms with Gasteiger partial charge in [-0.2, -0.15) is 0 Å². The molecule has 0 spiro atoms. The minimum Gasteiger partial charge on any atom is -0.364 e. The number of hydrogen-bond donors (Lipinski definition) is 1. The third-order valence-corrected chi connectivity index (χ3v) is 8.46. The predicted octanol–water partition coefficient (Wildman–Crippen LogP) is 3.87. The molecular formula is C23H33N5O. The van der Waals surface area contributed by atoms with Crippen LogP contribution in [0, 0.1) is 23.2 Å². The number of imidazole rings is 1. The second kappa shape index (κ2) is 5.64. The van der Waals surface area contributed by atoms with Crippen LogP contribution in [0.5, 0.6) is 0 Å². The third kappa shape index (κ3) is 2.32. The Morgan fingerprint density at radius 1 is 1.14 bits per heavy atom. The summed E-state index contributed by atoms with van der Waals surface area (Å²) >= 11 is 0. The van der Waals surface area contributed by atoms with Crippen LogP contribution in [0.15, 0.2) is 4.79 Å². The van der Waals surface area contributed by atoms with Gasteiger partial charge in [-0.3, -0.25) is 9.13 Å². The summed E-state index contributed by atoms with van der Waals surface area (Å²) in [6.45, 7) is 10.2. The number of nitrogens with zero attached hydrogens (tertiary/aromatic N) is 4. The third-order valence-electron chi connectivity index (χ3n) is 8.46. The van der Waals surface area contributed by atoms with E-state index < -0.39 is 0 Å². The van der Waals surface area contributed by atoms with Gasteiger partial charge in [0.2, 0.25) is 0 Å². The second-order valence-electron chi connectivity index (χ2n) is 11.4. The van der Waals surface area contributed by atoms with Gasteiger partial charge in [0, 0.05) is 18.5 Å². The van der Waals surface area contributed by atoms with Crippen molar-refractivity contribution in [1.82, 2.24) is 19.1 Å². The molecule has 29 heavy (non-hydrogen) atoms. The van der Waals surface area contributed by atoms with E-state index >= 15 is 0 Å². The molecule has 3 aliphatic heterocycles. The Kier molecular flexibility index (Phi) is 3.49. The largest absolute Gasteiger partial charge is 0.364 e. The number of rotatable bonds is 3. The van der Waals surface area contributed by atoms with Gasteiger partial charge in [-0.1, -0.05) is 27.7 Å². The fraction of sp³-hybridized carbons (Fsp3) is 0.783. The van der Waals surface area contributed by atoms with Gasteiger partial charge in [0.05, 0.1) is 6.04 Å². The summed E-state index contributed by atoms with van der Waals surface area (Å²) < 4.78 is 3.81. The molecule has 1 N–H and O–H groups in total. The number of nitrogens with one attached hydrogen (secondary N) is 1. The molecule has 6 heteroatoms. The van der Waals surface area contributed by atoms with E-state index in [1.807, 2.05) is 9.13 Å². The van der Waals surface area contributed by atoms with Crippen LogP contribution in [0.1, 0.15) is 72.0 Å². The average Bonchev–Trinajstić information content (AvgIpc) is 3.37. The second-order valence-corrected chi connectivity index (χ2v) is 11.4. The number of fused-ring (bicyclic) bond motifs is 3. The molecule has 0 radical (unpaired) electrons. The van der Waals surface area contributed by atoms with Crippen LogP contribution < -0.4 is 11.0 Å². The Morgan fingerprint density at radius 3 is 2.52 bits per heavy atom. The van der Waals surface area contributed by atoms with E-state index in [2.05, 4.69) is 33.0 Å². The van der Waals surface area contributed by atoms with Crippen LogP contribution in [0.2, 0.25) is 0 Å². The Balaban J connectivity index is 1.53. The van der Waals surface area contributed by atoms with Crippen molar-refractivity contribution in [3.05, 3.63) is 16.3 Å². The highest BCUT2D eigenvalue weighted by molar-refractivity contribution is 5.70. The zero-order valence-electron chi connectivity index (χ0n) is 18.2. The molecular weight excluding hydrogens is 362 g/mol. The first-order valence-corrected chi connectivity index (χ1v) is 11.6. The van der Waals surface area contributed by atoms with Crippen LogP contribution >= 0.6 is 0 Å². The van der Waals surface area contributed by atoms with Gasteiger partial charge in [0.25, 0.3) is 0 Å². The molecule has 7 rings (SSSR count). The van der Waals surface area contributed by atoms with Gasteiger partial charge in [-0.25, -0.2) is 14.8 Å². The van der Waals surface area contributed by atoms with Gasteiger partial charge in [0.15, 0.2) is 5.82 Å². The lowest BCUT2D eigenvalue weighted by molar-refractivity contribution is 0.262. The molecule has 3 atom stereocenters. The van der Waals surface area contributed by atoms with Crippen molar-refractivity contribution < 1.29 is 0 Å². The standard InChI is InChI=1S/C23H33N5O/c1-5-6-27-19-17(18-24-16(22(2,3)4)12-28(18)21(27)29)25-20(26-19)23-10-13-7-14(11-23)9-15(23)8-13/h13-16,24H,5-12H2,1-4H3/t13?,14?,15?,16-,23?/m1/s1. The maximum Gasteiger partial charge on any atom is 0.331 e. The molecule has 4 aliphatic carbocycles. The summed E-state index contributed by atoms with van der Waals surface area (Å²) in [6, 6.07) is 0.229.